The molecule has 3 aromatic rings. The Bertz CT molecular complexity index is 1060. The van der Waals surface area contributed by atoms with Crippen LogP contribution in [0.15, 0.2) is 72.8 Å². The van der Waals surface area contributed by atoms with E-state index in [0.29, 0.717) is 29.6 Å². The maximum atomic E-state index is 13.2. The second-order valence-corrected chi connectivity index (χ2v) is 8.42. The fraction of sp³-hybridized carbons (Fsp3) is 0.321. The van der Waals surface area contributed by atoms with Crippen molar-refractivity contribution in [3.63, 3.8) is 0 Å². The van der Waals surface area contributed by atoms with Crippen LogP contribution in [-0.2, 0) is 13.0 Å². The van der Waals surface area contributed by atoms with Crippen molar-refractivity contribution in [1.82, 2.24) is 4.90 Å². The minimum Gasteiger partial charge on any atom is -0.497 e. The van der Waals surface area contributed by atoms with Crippen LogP contribution in [0.4, 0.5) is 0 Å². The summed E-state index contributed by atoms with van der Waals surface area (Å²) in [5.41, 5.74) is 2.88. The molecule has 1 heterocycles. The van der Waals surface area contributed by atoms with Crippen LogP contribution >= 0.6 is 0 Å². The van der Waals surface area contributed by atoms with Gasteiger partial charge in [0.2, 0.25) is 0 Å². The molecular formula is C28H31NO4. The first-order valence-corrected chi connectivity index (χ1v) is 11.4. The predicted molar refractivity (Wildman–Crippen MR) is 129 cm³/mol. The molecule has 0 spiro atoms. The molecule has 5 nitrogen and oxygen atoms in total. The number of amides is 1. The Morgan fingerprint density at radius 3 is 2.36 bits per heavy atom. The van der Waals surface area contributed by atoms with E-state index in [4.69, 9.17) is 14.2 Å². The monoisotopic (exact) mass is 445 g/mol. The quantitative estimate of drug-likeness (QED) is 0.467. The molecule has 0 saturated carbocycles. The third-order valence-electron chi connectivity index (χ3n) is 6.23. The highest BCUT2D eigenvalue weighted by molar-refractivity contribution is 5.94. The van der Waals surface area contributed by atoms with Crippen LogP contribution in [0.25, 0.3) is 0 Å². The van der Waals surface area contributed by atoms with Crippen molar-refractivity contribution < 1.29 is 19.0 Å². The van der Waals surface area contributed by atoms with Crippen molar-refractivity contribution in [2.24, 2.45) is 5.92 Å². The van der Waals surface area contributed by atoms with Crippen molar-refractivity contribution in [2.75, 3.05) is 27.3 Å². The average molecular weight is 446 g/mol. The van der Waals surface area contributed by atoms with Crippen LogP contribution in [0.1, 0.15) is 34.3 Å². The summed E-state index contributed by atoms with van der Waals surface area (Å²) < 4.78 is 16.7. The first kappa shape index (κ1) is 22.7. The van der Waals surface area contributed by atoms with E-state index < -0.39 is 0 Å². The SMILES string of the molecule is COc1cccc(OCc2cc(C(=O)N3CCC(Cc4ccccc4)CC3)ccc2OC)c1. The molecule has 3 aromatic carbocycles. The molecular weight excluding hydrogens is 414 g/mol. The van der Waals surface area contributed by atoms with Gasteiger partial charge in [0, 0.05) is 30.3 Å². The largest absolute Gasteiger partial charge is 0.497 e. The fourth-order valence-electron chi connectivity index (χ4n) is 4.35. The van der Waals surface area contributed by atoms with Crippen LogP contribution in [0, 0.1) is 5.92 Å². The molecule has 1 aliphatic rings. The first-order valence-electron chi connectivity index (χ1n) is 11.4. The zero-order valence-electron chi connectivity index (χ0n) is 19.3. The Morgan fingerprint density at radius 2 is 1.64 bits per heavy atom. The summed E-state index contributed by atoms with van der Waals surface area (Å²) in [5.74, 6) is 2.83. The van der Waals surface area contributed by atoms with Crippen LogP contribution in [-0.4, -0.2) is 38.1 Å². The highest BCUT2D eigenvalue weighted by Crippen LogP contribution is 2.27. The summed E-state index contributed by atoms with van der Waals surface area (Å²) in [7, 11) is 3.26. The van der Waals surface area contributed by atoms with Gasteiger partial charge in [0.25, 0.3) is 5.91 Å². The molecule has 0 radical (unpaired) electrons. The normalized spacial score (nSPS) is 14.1. The fourth-order valence-corrected chi connectivity index (χ4v) is 4.35. The molecule has 1 amide bonds. The highest BCUT2D eigenvalue weighted by Gasteiger charge is 2.24. The second kappa shape index (κ2) is 10.9. The van der Waals surface area contributed by atoms with Gasteiger partial charge in [-0.25, -0.2) is 0 Å². The number of piperidine rings is 1. The minimum atomic E-state index is 0.0680. The lowest BCUT2D eigenvalue weighted by atomic mass is 9.90. The maximum absolute atomic E-state index is 13.2. The number of carbonyl (C=O) groups excluding carboxylic acids is 1. The lowest BCUT2D eigenvalue weighted by Crippen LogP contribution is -2.39. The van der Waals surface area contributed by atoms with Gasteiger partial charge in [0.1, 0.15) is 23.9 Å². The number of hydrogen-bond acceptors (Lipinski definition) is 4. The van der Waals surface area contributed by atoms with Gasteiger partial charge in [-0.1, -0.05) is 36.4 Å². The number of rotatable bonds is 8. The number of hydrogen-bond donors (Lipinski definition) is 0. The summed E-state index contributed by atoms with van der Waals surface area (Å²) in [6, 6.07) is 23.6. The number of benzene rings is 3. The Balaban J connectivity index is 1.38. The zero-order valence-corrected chi connectivity index (χ0v) is 19.3. The van der Waals surface area contributed by atoms with Crippen molar-refractivity contribution in [2.45, 2.75) is 25.9 Å². The average Bonchev–Trinajstić information content (AvgIpc) is 2.88. The minimum absolute atomic E-state index is 0.0680. The molecule has 0 N–H and O–H groups in total. The smallest absolute Gasteiger partial charge is 0.253 e. The van der Waals surface area contributed by atoms with Crippen LogP contribution in [0.5, 0.6) is 17.2 Å². The summed E-state index contributed by atoms with van der Waals surface area (Å²) in [4.78, 5) is 15.2. The summed E-state index contributed by atoms with van der Waals surface area (Å²) >= 11 is 0. The standard InChI is InChI=1S/C28H31NO4/c1-31-25-9-6-10-26(19-25)33-20-24-18-23(11-12-27(24)32-2)28(30)29-15-13-22(14-16-29)17-21-7-4-3-5-8-21/h3-12,18-19,22H,13-17,20H2,1-2H3. The summed E-state index contributed by atoms with van der Waals surface area (Å²) in [6.45, 7) is 1.88. The van der Waals surface area contributed by atoms with E-state index in [-0.39, 0.29) is 5.91 Å². The summed E-state index contributed by atoms with van der Waals surface area (Å²) in [5, 5.41) is 0. The second-order valence-electron chi connectivity index (χ2n) is 8.42. The Morgan fingerprint density at radius 1 is 0.879 bits per heavy atom. The van der Waals surface area contributed by atoms with E-state index in [9.17, 15) is 4.79 Å². The number of ether oxygens (including phenoxy) is 3. The van der Waals surface area contributed by atoms with Crippen molar-refractivity contribution in [3.8, 4) is 17.2 Å². The molecule has 1 saturated heterocycles. The third kappa shape index (κ3) is 5.86. The maximum Gasteiger partial charge on any atom is 0.253 e. The molecule has 0 aromatic heterocycles. The third-order valence-corrected chi connectivity index (χ3v) is 6.23. The number of methoxy groups -OCH3 is 2. The molecule has 0 atom stereocenters. The van der Waals surface area contributed by atoms with E-state index in [2.05, 4.69) is 30.3 Å². The molecule has 1 fully saturated rings. The summed E-state index contributed by atoms with van der Waals surface area (Å²) in [6.07, 6.45) is 3.14. The zero-order chi connectivity index (χ0) is 23.0. The lowest BCUT2D eigenvalue weighted by molar-refractivity contribution is 0.0690. The number of nitrogens with zero attached hydrogens (tertiary/aromatic N) is 1. The predicted octanol–water partition coefficient (Wildman–Crippen LogP) is 5.38. The van der Waals surface area contributed by atoms with Gasteiger partial charge in [-0.2, -0.15) is 0 Å². The van der Waals surface area contributed by atoms with Crippen molar-refractivity contribution in [1.29, 1.82) is 0 Å². The van der Waals surface area contributed by atoms with Gasteiger partial charge in [-0.3, -0.25) is 4.79 Å². The number of likely N-dealkylation sites (tertiary alicyclic amines) is 1. The molecule has 1 aliphatic heterocycles. The van der Waals surface area contributed by atoms with Crippen LogP contribution in [0.3, 0.4) is 0 Å². The van der Waals surface area contributed by atoms with E-state index in [0.717, 1.165) is 43.7 Å². The molecule has 0 aliphatic carbocycles. The van der Waals surface area contributed by atoms with Crippen LogP contribution in [0.2, 0.25) is 0 Å². The van der Waals surface area contributed by atoms with Gasteiger partial charge < -0.3 is 19.1 Å². The van der Waals surface area contributed by atoms with E-state index >= 15 is 0 Å². The Hall–Kier alpha value is -3.47. The Kier molecular flexibility index (Phi) is 7.51. The van der Waals surface area contributed by atoms with Gasteiger partial charge in [0.05, 0.1) is 14.2 Å². The molecule has 33 heavy (non-hydrogen) atoms. The number of carbonyl (C=O) groups is 1. The van der Waals surface area contributed by atoms with Crippen molar-refractivity contribution >= 4 is 5.91 Å². The van der Waals surface area contributed by atoms with Crippen molar-refractivity contribution in [3.05, 3.63) is 89.5 Å². The molecule has 172 valence electrons. The molecule has 5 heteroatoms. The van der Waals surface area contributed by atoms with E-state index in [1.165, 1.54) is 5.56 Å². The molecule has 4 rings (SSSR count). The topological polar surface area (TPSA) is 48.0 Å². The highest BCUT2D eigenvalue weighted by atomic mass is 16.5. The van der Waals surface area contributed by atoms with Crippen LogP contribution < -0.4 is 14.2 Å². The van der Waals surface area contributed by atoms with Gasteiger partial charge in [-0.15, -0.1) is 0 Å². The van der Waals surface area contributed by atoms with Gasteiger partial charge >= 0.3 is 0 Å². The van der Waals surface area contributed by atoms with Gasteiger partial charge in [0.15, 0.2) is 0 Å². The van der Waals surface area contributed by atoms with Gasteiger partial charge in [-0.05, 0) is 61.1 Å². The first-order chi connectivity index (χ1) is 16.2. The Labute approximate surface area is 195 Å². The lowest BCUT2D eigenvalue weighted by Gasteiger charge is -2.32. The van der Waals surface area contributed by atoms with E-state index in [1.807, 2.05) is 47.4 Å². The molecule has 0 unspecified atom stereocenters. The molecule has 0 bridgehead atoms. The van der Waals surface area contributed by atoms with E-state index in [1.54, 1.807) is 14.2 Å².